The maximum absolute atomic E-state index is 12.1. The molecular weight excluding hydrogens is 326 g/mol. The molecule has 128 valence electrons. The molecule has 0 fully saturated rings. The van der Waals surface area contributed by atoms with Crippen LogP contribution < -0.4 is 10.5 Å². The highest BCUT2D eigenvalue weighted by atomic mass is 32.2. The van der Waals surface area contributed by atoms with Gasteiger partial charge in [-0.15, -0.1) is 0 Å². The normalized spacial score (nSPS) is 11.5. The van der Waals surface area contributed by atoms with Crippen molar-refractivity contribution in [2.24, 2.45) is 5.14 Å². The zero-order valence-electron chi connectivity index (χ0n) is 13.7. The maximum Gasteiger partial charge on any atom is 0.238 e. The molecule has 0 aromatic heterocycles. The molecule has 0 bridgehead atoms. The van der Waals surface area contributed by atoms with Crippen LogP contribution in [0.4, 0.5) is 5.69 Å². The summed E-state index contributed by atoms with van der Waals surface area (Å²) in [5, 5.41) is 7.90. The van der Waals surface area contributed by atoms with Gasteiger partial charge in [0, 0.05) is 12.2 Å². The molecule has 24 heavy (non-hydrogen) atoms. The Morgan fingerprint density at radius 3 is 2.33 bits per heavy atom. The Labute approximate surface area is 142 Å². The smallest absolute Gasteiger partial charge is 0.238 e. The van der Waals surface area contributed by atoms with Gasteiger partial charge in [0.25, 0.3) is 0 Å². The lowest BCUT2D eigenvalue weighted by Gasteiger charge is -2.11. The summed E-state index contributed by atoms with van der Waals surface area (Å²) >= 11 is 0. The largest absolute Gasteiger partial charge is 0.326 e. The Bertz CT molecular complexity index is 815. The molecule has 6 nitrogen and oxygen atoms in total. The first-order valence-corrected chi connectivity index (χ1v) is 8.94. The van der Waals surface area contributed by atoms with E-state index in [9.17, 15) is 13.2 Å². The fraction of sp³-hybridized carbons (Fsp3) is 0.235. The van der Waals surface area contributed by atoms with Crippen molar-refractivity contribution >= 4 is 21.6 Å². The van der Waals surface area contributed by atoms with E-state index in [0.29, 0.717) is 5.56 Å². The monoisotopic (exact) mass is 347 g/mol. The summed E-state index contributed by atoms with van der Waals surface area (Å²) in [6, 6.07) is 13.6. The van der Waals surface area contributed by atoms with Crippen LogP contribution in [-0.2, 0) is 27.8 Å². The molecule has 0 saturated heterocycles. The lowest BCUT2D eigenvalue weighted by molar-refractivity contribution is -0.115. The molecular formula is C17H21N3O3S. The van der Waals surface area contributed by atoms with Crippen molar-refractivity contribution in [3.05, 3.63) is 59.7 Å². The van der Waals surface area contributed by atoms with Crippen LogP contribution in [0.15, 0.2) is 53.4 Å². The van der Waals surface area contributed by atoms with Crippen LogP contribution in [0, 0.1) is 0 Å². The summed E-state index contributed by atoms with van der Waals surface area (Å²) in [7, 11) is 0.249. The second-order valence-electron chi connectivity index (χ2n) is 5.85. The van der Waals surface area contributed by atoms with E-state index >= 15 is 0 Å². The number of nitrogens with two attached hydrogens (primary N) is 1. The third-order valence-corrected chi connectivity index (χ3v) is 4.26. The quantitative estimate of drug-likeness (QED) is 0.830. The molecule has 0 unspecified atom stereocenters. The third-order valence-electron chi connectivity index (χ3n) is 3.33. The predicted octanol–water partition coefficient (Wildman–Crippen LogP) is 1.58. The molecule has 0 aliphatic heterocycles. The van der Waals surface area contributed by atoms with Crippen LogP contribution in [-0.4, -0.2) is 33.3 Å². The molecule has 1 amide bonds. The van der Waals surface area contributed by atoms with Crippen LogP contribution in [0.5, 0.6) is 0 Å². The number of primary sulfonamides is 1. The highest BCUT2D eigenvalue weighted by molar-refractivity contribution is 7.89. The fourth-order valence-corrected chi connectivity index (χ4v) is 2.82. The molecule has 0 aliphatic carbocycles. The van der Waals surface area contributed by atoms with Gasteiger partial charge in [-0.25, -0.2) is 13.6 Å². The van der Waals surface area contributed by atoms with Gasteiger partial charge in [-0.3, -0.25) is 4.79 Å². The van der Waals surface area contributed by atoms with Crippen molar-refractivity contribution < 1.29 is 13.2 Å². The third kappa shape index (κ3) is 5.45. The van der Waals surface area contributed by atoms with Crippen molar-refractivity contribution in [3.8, 4) is 0 Å². The number of nitrogens with one attached hydrogen (secondary N) is 1. The summed E-state index contributed by atoms with van der Waals surface area (Å²) in [6.45, 7) is 0.790. The Morgan fingerprint density at radius 2 is 1.75 bits per heavy atom. The topological polar surface area (TPSA) is 92.5 Å². The first kappa shape index (κ1) is 18.1. The molecule has 2 rings (SSSR count). The SMILES string of the molecule is CN(C)Cc1cccc(NC(=O)Cc2ccc(S(N)(=O)=O)cc2)c1. The van der Waals surface area contributed by atoms with Gasteiger partial charge in [0.15, 0.2) is 0 Å². The van der Waals surface area contributed by atoms with Crippen molar-refractivity contribution in [3.63, 3.8) is 0 Å². The first-order valence-electron chi connectivity index (χ1n) is 7.39. The number of anilines is 1. The van der Waals surface area contributed by atoms with E-state index in [0.717, 1.165) is 17.8 Å². The van der Waals surface area contributed by atoms with Crippen molar-refractivity contribution in [1.29, 1.82) is 0 Å². The van der Waals surface area contributed by atoms with E-state index in [4.69, 9.17) is 5.14 Å². The summed E-state index contributed by atoms with van der Waals surface area (Å²) in [4.78, 5) is 14.2. The van der Waals surface area contributed by atoms with Crippen LogP contribution in [0.2, 0.25) is 0 Å². The lowest BCUT2D eigenvalue weighted by atomic mass is 10.1. The first-order chi connectivity index (χ1) is 11.2. The van der Waals surface area contributed by atoms with Gasteiger partial charge >= 0.3 is 0 Å². The van der Waals surface area contributed by atoms with E-state index in [1.54, 1.807) is 12.1 Å². The average Bonchev–Trinajstić information content (AvgIpc) is 2.46. The average molecular weight is 347 g/mol. The molecule has 2 aromatic carbocycles. The van der Waals surface area contributed by atoms with Gasteiger partial charge in [0.1, 0.15) is 0 Å². The number of hydrogen-bond donors (Lipinski definition) is 2. The Kier molecular flexibility index (Phi) is 5.71. The predicted molar refractivity (Wildman–Crippen MR) is 94.0 cm³/mol. The van der Waals surface area contributed by atoms with Crippen molar-refractivity contribution in [2.45, 2.75) is 17.9 Å². The molecule has 0 radical (unpaired) electrons. The van der Waals surface area contributed by atoms with Crippen LogP contribution in [0.3, 0.4) is 0 Å². The molecule has 0 spiro atoms. The highest BCUT2D eigenvalue weighted by Gasteiger charge is 2.09. The number of rotatable bonds is 6. The molecule has 3 N–H and O–H groups in total. The van der Waals surface area contributed by atoms with Crippen LogP contribution in [0.1, 0.15) is 11.1 Å². The van der Waals surface area contributed by atoms with E-state index in [-0.39, 0.29) is 17.2 Å². The van der Waals surface area contributed by atoms with Crippen molar-refractivity contribution in [2.75, 3.05) is 19.4 Å². The fourth-order valence-electron chi connectivity index (χ4n) is 2.30. The van der Waals surface area contributed by atoms with E-state index in [2.05, 4.69) is 5.32 Å². The van der Waals surface area contributed by atoms with E-state index in [1.165, 1.54) is 12.1 Å². The number of carbonyl (C=O) groups excluding carboxylic acids is 1. The van der Waals surface area contributed by atoms with Gasteiger partial charge in [-0.05, 0) is 49.5 Å². The minimum Gasteiger partial charge on any atom is -0.326 e. The molecule has 7 heteroatoms. The van der Waals surface area contributed by atoms with E-state index < -0.39 is 10.0 Å². The number of amides is 1. The second kappa shape index (κ2) is 7.57. The summed E-state index contributed by atoms with van der Waals surface area (Å²) < 4.78 is 22.4. The summed E-state index contributed by atoms with van der Waals surface area (Å²) in [6.07, 6.45) is 0.156. The molecule has 0 saturated carbocycles. The van der Waals surface area contributed by atoms with Gasteiger partial charge in [-0.2, -0.15) is 0 Å². The molecule has 0 aliphatic rings. The standard InChI is InChI=1S/C17H21N3O3S/c1-20(2)12-14-4-3-5-15(10-14)19-17(21)11-13-6-8-16(9-7-13)24(18,22)23/h3-10H,11-12H2,1-2H3,(H,19,21)(H2,18,22,23). The Hall–Kier alpha value is -2.22. The van der Waals surface area contributed by atoms with Gasteiger partial charge < -0.3 is 10.2 Å². The molecule has 0 atom stereocenters. The highest BCUT2D eigenvalue weighted by Crippen LogP contribution is 2.13. The minimum atomic E-state index is -3.72. The number of hydrogen-bond acceptors (Lipinski definition) is 4. The van der Waals surface area contributed by atoms with Crippen LogP contribution in [0.25, 0.3) is 0 Å². The zero-order chi connectivity index (χ0) is 17.7. The number of nitrogens with zero attached hydrogens (tertiary/aromatic N) is 1. The number of carbonyl (C=O) groups is 1. The summed E-state index contributed by atoms with van der Waals surface area (Å²) in [5.41, 5.74) is 2.56. The Morgan fingerprint density at radius 1 is 1.08 bits per heavy atom. The van der Waals surface area contributed by atoms with Gasteiger partial charge in [0.05, 0.1) is 11.3 Å². The summed E-state index contributed by atoms with van der Waals surface area (Å²) in [5.74, 6) is -0.166. The Balaban J connectivity index is 2.00. The maximum atomic E-state index is 12.1. The van der Waals surface area contributed by atoms with E-state index in [1.807, 2.05) is 43.3 Å². The number of benzene rings is 2. The van der Waals surface area contributed by atoms with Crippen molar-refractivity contribution in [1.82, 2.24) is 4.90 Å². The van der Waals surface area contributed by atoms with Crippen LogP contribution >= 0.6 is 0 Å². The second-order valence-corrected chi connectivity index (χ2v) is 7.41. The zero-order valence-corrected chi connectivity index (χ0v) is 14.5. The van der Waals surface area contributed by atoms with Gasteiger partial charge in [-0.1, -0.05) is 24.3 Å². The minimum absolute atomic E-state index is 0.0306. The van der Waals surface area contributed by atoms with Gasteiger partial charge in [0.2, 0.25) is 15.9 Å². The molecule has 0 heterocycles. The molecule has 2 aromatic rings. The number of sulfonamides is 1. The lowest BCUT2D eigenvalue weighted by Crippen LogP contribution is -2.16.